The Kier molecular flexibility index (Phi) is 3.77. The highest BCUT2D eigenvalue weighted by molar-refractivity contribution is 6.01. The molecule has 1 aromatic rings. The quantitative estimate of drug-likeness (QED) is 0.797. The van der Waals surface area contributed by atoms with E-state index in [0.29, 0.717) is 17.3 Å². The largest absolute Gasteiger partial charge is 0.349 e. The number of benzene rings is 1. The van der Waals surface area contributed by atoms with Gasteiger partial charge in [-0.05, 0) is 44.0 Å². The summed E-state index contributed by atoms with van der Waals surface area (Å²) in [6.07, 6.45) is 5.23. The molecule has 0 aromatic heterocycles. The number of nitrogens with one attached hydrogen (secondary N) is 2. The van der Waals surface area contributed by atoms with Crippen LogP contribution >= 0.6 is 0 Å². The molecule has 0 bridgehead atoms. The van der Waals surface area contributed by atoms with Gasteiger partial charge in [0.1, 0.15) is 0 Å². The van der Waals surface area contributed by atoms with E-state index in [9.17, 15) is 9.59 Å². The Balaban J connectivity index is 2.03. The number of carbonyl (C=O) groups is 2. The minimum Gasteiger partial charge on any atom is -0.349 e. The van der Waals surface area contributed by atoms with Crippen molar-refractivity contribution in [1.82, 2.24) is 5.32 Å². The molecular formula is C14H16N2O2. The average Bonchev–Trinajstić information content (AvgIpc) is 3.13. The Morgan fingerprint density at radius 2 is 2.11 bits per heavy atom. The molecule has 0 atom stereocenters. The summed E-state index contributed by atoms with van der Waals surface area (Å²) in [5.74, 6) is -0.281. The molecule has 1 fully saturated rings. The van der Waals surface area contributed by atoms with Crippen molar-refractivity contribution in [2.24, 2.45) is 0 Å². The van der Waals surface area contributed by atoms with Crippen LogP contribution in [0.25, 0.3) is 0 Å². The lowest BCUT2D eigenvalue weighted by molar-refractivity contribution is -0.111. The molecule has 1 aromatic carbocycles. The van der Waals surface area contributed by atoms with Gasteiger partial charge < -0.3 is 10.6 Å². The van der Waals surface area contributed by atoms with Crippen LogP contribution in [0.3, 0.4) is 0 Å². The standard InChI is InChI=1S/C14H16N2O2/c1-2-4-13(17)15-12-6-3-5-10(9-12)14(18)16-11-7-8-11/h2-6,9,11H,7-8H2,1H3,(H,15,17)(H,16,18). The first kappa shape index (κ1) is 12.4. The topological polar surface area (TPSA) is 58.2 Å². The Morgan fingerprint density at radius 1 is 1.33 bits per heavy atom. The summed E-state index contributed by atoms with van der Waals surface area (Å²) >= 11 is 0. The zero-order valence-corrected chi connectivity index (χ0v) is 10.3. The molecule has 1 aliphatic rings. The minimum atomic E-state index is -0.197. The van der Waals surface area contributed by atoms with Crippen LogP contribution in [0.1, 0.15) is 30.1 Å². The first-order valence-electron chi connectivity index (χ1n) is 6.03. The number of anilines is 1. The van der Waals surface area contributed by atoms with E-state index in [-0.39, 0.29) is 11.8 Å². The lowest BCUT2D eigenvalue weighted by Gasteiger charge is -2.06. The van der Waals surface area contributed by atoms with Crippen LogP contribution in [0.15, 0.2) is 36.4 Å². The Hall–Kier alpha value is -2.10. The van der Waals surface area contributed by atoms with Gasteiger partial charge in [0.25, 0.3) is 5.91 Å². The lowest BCUT2D eigenvalue weighted by Crippen LogP contribution is -2.25. The van der Waals surface area contributed by atoms with Crippen molar-refractivity contribution < 1.29 is 9.59 Å². The third-order valence-electron chi connectivity index (χ3n) is 2.62. The van der Waals surface area contributed by atoms with Crippen molar-refractivity contribution in [3.8, 4) is 0 Å². The zero-order chi connectivity index (χ0) is 13.0. The third kappa shape index (κ3) is 3.45. The van der Waals surface area contributed by atoms with Gasteiger partial charge >= 0.3 is 0 Å². The predicted octanol–water partition coefficient (Wildman–Crippen LogP) is 2.09. The van der Waals surface area contributed by atoms with Gasteiger partial charge in [-0.2, -0.15) is 0 Å². The summed E-state index contributed by atoms with van der Waals surface area (Å²) in [6.45, 7) is 1.78. The molecular weight excluding hydrogens is 228 g/mol. The van der Waals surface area contributed by atoms with Gasteiger partial charge in [0.05, 0.1) is 0 Å². The van der Waals surface area contributed by atoms with Crippen LogP contribution in [0, 0.1) is 0 Å². The first-order valence-corrected chi connectivity index (χ1v) is 6.03. The summed E-state index contributed by atoms with van der Waals surface area (Å²) in [4.78, 5) is 23.2. The van der Waals surface area contributed by atoms with E-state index in [1.807, 2.05) is 0 Å². The highest BCUT2D eigenvalue weighted by Gasteiger charge is 2.23. The van der Waals surface area contributed by atoms with Crippen molar-refractivity contribution in [3.05, 3.63) is 42.0 Å². The molecule has 2 rings (SSSR count). The fourth-order valence-electron chi connectivity index (χ4n) is 1.57. The number of carbonyl (C=O) groups excluding carboxylic acids is 2. The van der Waals surface area contributed by atoms with Crippen molar-refractivity contribution in [2.75, 3.05) is 5.32 Å². The second-order valence-corrected chi connectivity index (χ2v) is 4.32. The van der Waals surface area contributed by atoms with Crippen molar-refractivity contribution in [2.45, 2.75) is 25.8 Å². The highest BCUT2D eigenvalue weighted by atomic mass is 16.2. The molecule has 0 heterocycles. The Morgan fingerprint density at radius 3 is 2.78 bits per heavy atom. The van der Waals surface area contributed by atoms with Gasteiger partial charge in [-0.3, -0.25) is 9.59 Å². The van der Waals surface area contributed by atoms with Gasteiger partial charge in [0.15, 0.2) is 0 Å². The fraction of sp³-hybridized carbons (Fsp3) is 0.286. The minimum absolute atomic E-state index is 0.0837. The van der Waals surface area contributed by atoms with E-state index in [1.165, 1.54) is 6.08 Å². The number of allylic oxidation sites excluding steroid dienone is 1. The van der Waals surface area contributed by atoms with Crippen LogP contribution in [0.4, 0.5) is 5.69 Å². The normalized spacial score (nSPS) is 14.5. The smallest absolute Gasteiger partial charge is 0.251 e. The van der Waals surface area contributed by atoms with Gasteiger partial charge in [-0.25, -0.2) is 0 Å². The molecule has 1 saturated carbocycles. The molecule has 0 saturated heterocycles. The molecule has 0 spiro atoms. The van der Waals surface area contributed by atoms with Gasteiger partial charge in [0.2, 0.25) is 5.91 Å². The zero-order valence-electron chi connectivity index (χ0n) is 10.3. The van der Waals surface area contributed by atoms with Crippen LogP contribution in [-0.4, -0.2) is 17.9 Å². The molecule has 0 unspecified atom stereocenters. The second-order valence-electron chi connectivity index (χ2n) is 4.32. The fourth-order valence-corrected chi connectivity index (χ4v) is 1.57. The second kappa shape index (κ2) is 5.49. The van der Waals surface area contributed by atoms with E-state index in [0.717, 1.165) is 12.8 Å². The molecule has 18 heavy (non-hydrogen) atoms. The summed E-state index contributed by atoms with van der Waals surface area (Å²) < 4.78 is 0. The lowest BCUT2D eigenvalue weighted by atomic mass is 10.2. The number of rotatable bonds is 4. The number of amides is 2. The molecule has 4 heteroatoms. The van der Waals surface area contributed by atoms with E-state index >= 15 is 0 Å². The van der Waals surface area contributed by atoms with E-state index in [1.54, 1.807) is 37.3 Å². The van der Waals surface area contributed by atoms with E-state index < -0.39 is 0 Å². The summed E-state index contributed by atoms with van der Waals surface area (Å²) in [5.41, 5.74) is 1.20. The van der Waals surface area contributed by atoms with Gasteiger partial charge in [0, 0.05) is 17.3 Å². The maximum atomic E-state index is 11.8. The van der Waals surface area contributed by atoms with Crippen molar-refractivity contribution in [3.63, 3.8) is 0 Å². The Bertz CT molecular complexity index is 490. The molecule has 2 amide bonds. The van der Waals surface area contributed by atoms with Crippen molar-refractivity contribution in [1.29, 1.82) is 0 Å². The van der Waals surface area contributed by atoms with Crippen LogP contribution in [0.2, 0.25) is 0 Å². The molecule has 94 valence electrons. The van der Waals surface area contributed by atoms with Crippen molar-refractivity contribution >= 4 is 17.5 Å². The SMILES string of the molecule is CC=CC(=O)Nc1cccc(C(=O)NC2CC2)c1. The number of hydrogen-bond acceptors (Lipinski definition) is 2. The first-order chi connectivity index (χ1) is 8.69. The third-order valence-corrected chi connectivity index (χ3v) is 2.62. The summed E-state index contributed by atoms with van der Waals surface area (Å²) in [7, 11) is 0. The maximum Gasteiger partial charge on any atom is 0.251 e. The maximum absolute atomic E-state index is 11.8. The van der Waals surface area contributed by atoms with Crippen LogP contribution in [-0.2, 0) is 4.79 Å². The highest BCUT2D eigenvalue weighted by Crippen LogP contribution is 2.20. The van der Waals surface area contributed by atoms with Crippen LogP contribution in [0.5, 0.6) is 0 Å². The Labute approximate surface area is 106 Å². The van der Waals surface area contributed by atoms with E-state index in [4.69, 9.17) is 0 Å². The molecule has 0 radical (unpaired) electrons. The molecule has 1 aliphatic carbocycles. The summed E-state index contributed by atoms with van der Waals surface area (Å²) in [6, 6.07) is 7.27. The summed E-state index contributed by atoms with van der Waals surface area (Å²) in [5, 5.41) is 5.61. The molecule has 4 nitrogen and oxygen atoms in total. The predicted molar refractivity (Wildman–Crippen MR) is 70.4 cm³/mol. The van der Waals surface area contributed by atoms with Crippen LogP contribution < -0.4 is 10.6 Å². The van der Waals surface area contributed by atoms with Gasteiger partial charge in [-0.15, -0.1) is 0 Å². The molecule has 0 aliphatic heterocycles. The molecule has 2 N–H and O–H groups in total. The van der Waals surface area contributed by atoms with E-state index in [2.05, 4.69) is 10.6 Å². The average molecular weight is 244 g/mol. The monoisotopic (exact) mass is 244 g/mol. The van der Waals surface area contributed by atoms with Gasteiger partial charge in [-0.1, -0.05) is 12.1 Å². The number of hydrogen-bond donors (Lipinski definition) is 2.